The summed E-state index contributed by atoms with van der Waals surface area (Å²) in [6.45, 7) is 2.47. The molecule has 0 unspecified atom stereocenters. The van der Waals surface area contributed by atoms with E-state index < -0.39 is 0 Å². The highest BCUT2D eigenvalue weighted by Crippen LogP contribution is 2.16. The molecule has 1 saturated heterocycles. The summed E-state index contributed by atoms with van der Waals surface area (Å²) < 4.78 is 5.72. The van der Waals surface area contributed by atoms with Crippen LogP contribution in [0, 0.1) is 0 Å². The van der Waals surface area contributed by atoms with Gasteiger partial charge in [-0.2, -0.15) is 0 Å². The van der Waals surface area contributed by atoms with Crippen LogP contribution in [-0.2, 0) is 17.8 Å². The Morgan fingerprint density at radius 2 is 2.00 bits per heavy atom. The molecule has 0 radical (unpaired) electrons. The van der Waals surface area contributed by atoms with E-state index in [4.69, 9.17) is 4.74 Å². The van der Waals surface area contributed by atoms with Crippen LogP contribution in [0.3, 0.4) is 0 Å². The summed E-state index contributed by atoms with van der Waals surface area (Å²) >= 11 is 1.71. The van der Waals surface area contributed by atoms with E-state index in [0.29, 0.717) is 19.6 Å². The maximum absolute atomic E-state index is 12.8. The topological polar surface area (TPSA) is 54.5 Å². The number of benzene rings is 1. The average molecular weight is 372 g/mol. The van der Waals surface area contributed by atoms with Gasteiger partial charge in [-0.05, 0) is 54.5 Å². The zero-order valence-electron chi connectivity index (χ0n) is 15.1. The van der Waals surface area contributed by atoms with Crippen molar-refractivity contribution in [3.05, 3.63) is 59.9 Å². The van der Waals surface area contributed by atoms with Crippen molar-refractivity contribution in [3.8, 4) is 0 Å². The molecule has 1 aliphatic heterocycles. The second-order valence-electron chi connectivity index (χ2n) is 6.38. The second kappa shape index (κ2) is 9.59. The number of hydrogen-bond donors (Lipinski definition) is 1. The Kier molecular flexibility index (Phi) is 6.91. The zero-order chi connectivity index (χ0) is 18.2. The lowest BCUT2D eigenvalue weighted by molar-refractivity contribution is 0.0794. The van der Waals surface area contributed by atoms with Crippen molar-refractivity contribution in [2.75, 3.05) is 19.4 Å². The van der Waals surface area contributed by atoms with E-state index in [-0.39, 0.29) is 12.1 Å². The molecule has 2 amide bonds. The Balaban J connectivity index is 1.60. The SMILES string of the molecule is CSc1ccc(CNC(=O)N(Cc2ccncc2)C[C@@H]2CCCO2)cc1. The van der Waals surface area contributed by atoms with Crippen LogP contribution in [0.4, 0.5) is 4.79 Å². The van der Waals surface area contributed by atoms with Crippen molar-refractivity contribution in [2.24, 2.45) is 0 Å². The van der Waals surface area contributed by atoms with Crippen LogP contribution in [0.25, 0.3) is 0 Å². The molecule has 0 saturated carbocycles. The van der Waals surface area contributed by atoms with Crippen molar-refractivity contribution in [1.82, 2.24) is 15.2 Å². The fourth-order valence-electron chi connectivity index (χ4n) is 2.99. The van der Waals surface area contributed by atoms with E-state index >= 15 is 0 Å². The smallest absolute Gasteiger partial charge is 0.318 e. The fourth-order valence-corrected chi connectivity index (χ4v) is 3.40. The number of hydrogen-bond acceptors (Lipinski definition) is 4. The molecule has 1 N–H and O–H groups in total. The molecule has 0 spiro atoms. The number of ether oxygens (including phenoxy) is 1. The first kappa shape index (κ1) is 18.7. The van der Waals surface area contributed by atoms with E-state index in [2.05, 4.69) is 40.8 Å². The van der Waals surface area contributed by atoms with Crippen LogP contribution in [0.1, 0.15) is 24.0 Å². The van der Waals surface area contributed by atoms with Gasteiger partial charge >= 0.3 is 6.03 Å². The first-order valence-corrected chi connectivity index (χ1v) is 10.1. The van der Waals surface area contributed by atoms with Gasteiger partial charge in [0.05, 0.1) is 6.10 Å². The van der Waals surface area contributed by atoms with Crippen molar-refractivity contribution in [2.45, 2.75) is 36.9 Å². The largest absolute Gasteiger partial charge is 0.376 e. The third-order valence-electron chi connectivity index (χ3n) is 4.46. The number of aromatic nitrogens is 1. The molecule has 2 aromatic rings. The lowest BCUT2D eigenvalue weighted by Gasteiger charge is -2.26. The Labute approximate surface area is 159 Å². The molecule has 1 aromatic carbocycles. The maximum Gasteiger partial charge on any atom is 0.318 e. The summed E-state index contributed by atoms with van der Waals surface area (Å²) in [6, 6.07) is 12.1. The molecule has 1 aromatic heterocycles. The fraction of sp³-hybridized carbons (Fsp3) is 0.400. The van der Waals surface area contributed by atoms with Crippen molar-refractivity contribution in [1.29, 1.82) is 0 Å². The van der Waals surface area contributed by atoms with Crippen LogP contribution < -0.4 is 5.32 Å². The standard InChI is InChI=1S/C20H25N3O2S/c1-26-19-6-4-16(5-7-19)13-22-20(24)23(15-18-3-2-12-25-18)14-17-8-10-21-11-9-17/h4-11,18H,2-3,12-15H2,1H3,(H,22,24)/t18-/m0/s1. The lowest BCUT2D eigenvalue weighted by Crippen LogP contribution is -2.43. The number of urea groups is 1. The first-order valence-electron chi connectivity index (χ1n) is 8.91. The van der Waals surface area contributed by atoms with Crippen LogP contribution in [-0.4, -0.2) is 41.4 Å². The highest BCUT2D eigenvalue weighted by molar-refractivity contribution is 7.98. The number of amides is 2. The second-order valence-corrected chi connectivity index (χ2v) is 7.26. The molecule has 138 valence electrons. The number of carbonyl (C=O) groups is 1. The number of thioether (sulfide) groups is 1. The molecule has 1 fully saturated rings. The van der Waals surface area contributed by atoms with Gasteiger partial charge in [-0.15, -0.1) is 11.8 Å². The Hall–Kier alpha value is -2.05. The van der Waals surface area contributed by atoms with Gasteiger partial charge in [-0.1, -0.05) is 12.1 Å². The molecular formula is C20H25N3O2S. The zero-order valence-corrected chi connectivity index (χ0v) is 15.9. The number of carbonyl (C=O) groups excluding carboxylic acids is 1. The van der Waals surface area contributed by atoms with Gasteiger partial charge in [0.2, 0.25) is 0 Å². The van der Waals surface area contributed by atoms with Gasteiger partial charge in [0.1, 0.15) is 0 Å². The number of rotatable bonds is 7. The van der Waals surface area contributed by atoms with Gasteiger partial charge in [0.15, 0.2) is 0 Å². The number of nitrogens with one attached hydrogen (secondary N) is 1. The van der Waals surface area contributed by atoms with Crippen LogP contribution in [0.2, 0.25) is 0 Å². The molecule has 2 heterocycles. The van der Waals surface area contributed by atoms with Crippen molar-refractivity contribution < 1.29 is 9.53 Å². The third kappa shape index (κ3) is 5.47. The van der Waals surface area contributed by atoms with Crippen molar-refractivity contribution in [3.63, 3.8) is 0 Å². The molecule has 6 heteroatoms. The van der Waals surface area contributed by atoms with E-state index in [1.807, 2.05) is 17.0 Å². The summed E-state index contributed by atoms with van der Waals surface area (Å²) in [5, 5.41) is 3.04. The van der Waals surface area contributed by atoms with E-state index in [0.717, 1.165) is 30.6 Å². The van der Waals surface area contributed by atoms with E-state index in [9.17, 15) is 4.79 Å². The molecule has 1 atom stereocenters. The Morgan fingerprint density at radius 3 is 2.65 bits per heavy atom. The summed E-state index contributed by atoms with van der Waals surface area (Å²) in [5.41, 5.74) is 2.16. The molecular weight excluding hydrogens is 346 g/mol. The highest BCUT2D eigenvalue weighted by Gasteiger charge is 2.22. The first-order chi connectivity index (χ1) is 12.7. The van der Waals surface area contributed by atoms with Gasteiger partial charge < -0.3 is 15.0 Å². The minimum absolute atomic E-state index is 0.0637. The van der Waals surface area contributed by atoms with Crippen molar-refractivity contribution >= 4 is 17.8 Å². The minimum Gasteiger partial charge on any atom is -0.376 e. The Morgan fingerprint density at radius 1 is 1.23 bits per heavy atom. The third-order valence-corrected chi connectivity index (χ3v) is 5.20. The monoisotopic (exact) mass is 371 g/mol. The predicted octanol–water partition coefficient (Wildman–Crippen LogP) is 3.69. The summed E-state index contributed by atoms with van der Waals surface area (Å²) in [7, 11) is 0. The summed E-state index contributed by atoms with van der Waals surface area (Å²) in [6.07, 6.45) is 7.77. The van der Waals surface area contributed by atoms with E-state index in [1.54, 1.807) is 24.2 Å². The lowest BCUT2D eigenvalue weighted by atomic mass is 10.2. The minimum atomic E-state index is -0.0637. The van der Waals surface area contributed by atoms with Gasteiger partial charge in [0.25, 0.3) is 0 Å². The van der Waals surface area contributed by atoms with Gasteiger partial charge in [0, 0.05) is 43.5 Å². The quantitative estimate of drug-likeness (QED) is 0.754. The van der Waals surface area contributed by atoms with Crippen LogP contribution in [0.5, 0.6) is 0 Å². The molecule has 0 aliphatic carbocycles. The average Bonchev–Trinajstić information content (AvgIpc) is 3.20. The Bertz CT molecular complexity index is 688. The maximum atomic E-state index is 12.8. The van der Waals surface area contributed by atoms with Gasteiger partial charge in [-0.3, -0.25) is 4.98 Å². The highest BCUT2D eigenvalue weighted by atomic mass is 32.2. The normalized spacial score (nSPS) is 16.4. The molecule has 3 rings (SSSR count). The van der Waals surface area contributed by atoms with Crippen LogP contribution >= 0.6 is 11.8 Å². The summed E-state index contributed by atoms with van der Waals surface area (Å²) in [4.78, 5) is 19.9. The van der Waals surface area contributed by atoms with Crippen LogP contribution in [0.15, 0.2) is 53.7 Å². The predicted molar refractivity (Wildman–Crippen MR) is 104 cm³/mol. The molecule has 26 heavy (non-hydrogen) atoms. The number of pyridine rings is 1. The van der Waals surface area contributed by atoms with E-state index in [1.165, 1.54) is 4.90 Å². The molecule has 5 nitrogen and oxygen atoms in total. The summed E-state index contributed by atoms with van der Waals surface area (Å²) in [5.74, 6) is 0. The number of nitrogens with zero attached hydrogens (tertiary/aromatic N) is 2. The molecule has 1 aliphatic rings. The molecule has 0 bridgehead atoms. The van der Waals surface area contributed by atoms with Gasteiger partial charge in [-0.25, -0.2) is 4.79 Å².